The highest BCUT2D eigenvalue weighted by molar-refractivity contribution is 5.42. The molecule has 23 heavy (non-hydrogen) atoms. The van der Waals surface area contributed by atoms with Crippen LogP contribution in [0.1, 0.15) is 18.1 Å². The zero-order valence-electron chi connectivity index (χ0n) is 13.9. The first-order valence-electron chi connectivity index (χ1n) is 7.88. The number of anilines is 1. The van der Waals surface area contributed by atoms with Crippen LogP contribution in [0.5, 0.6) is 5.75 Å². The van der Waals surface area contributed by atoms with Gasteiger partial charge in [0.1, 0.15) is 18.2 Å². The molecule has 0 fully saturated rings. The minimum absolute atomic E-state index is 0.553. The van der Waals surface area contributed by atoms with Crippen molar-refractivity contribution in [3.8, 4) is 5.75 Å². The van der Waals surface area contributed by atoms with Crippen molar-refractivity contribution in [2.75, 3.05) is 25.0 Å². The van der Waals surface area contributed by atoms with Crippen LogP contribution in [0.15, 0.2) is 54.7 Å². The van der Waals surface area contributed by atoms with E-state index in [0.29, 0.717) is 6.61 Å². The Balaban J connectivity index is 1.76. The van der Waals surface area contributed by atoms with Crippen LogP contribution >= 0.6 is 0 Å². The Labute approximate surface area is 138 Å². The van der Waals surface area contributed by atoms with Gasteiger partial charge in [-0.25, -0.2) is 4.98 Å². The van der Waals surface area contributed by atoms with Crippen molar-refractivity contribution in [2.45, 2.75) is 20.4 Å². The summed E-state index contributed by atoms with van der Waals surface area (Å²) in [4.78, 5) is 4.32. The Hall–Kier alpha value is -2.33. The van der Waals surface area contributed by atoms with Crippen molar-refractivity contribution in [3.63, 3.8) is 0 Å². The average molecular weight is 311 g/mol. The lowest BCUT2D eigenvalue weighted by Crippen LogP contribution is -2.22. The van der Waals surface area contributed by atoms with Crippen LogP contribution in [0.2, 0.25) is 0 Å². The molecule has 122 valence electrons. The zero-order valence-corrected chi connectivity index (χ0v) is 13.9. The van der Waals surface area contributed by atoms with Gasteiger partial charge < -0.3 is 15.4 Å². The molecule has 0 bridgehead atoms. The fourth-order valence-corrected chi connectivity index (χ4v) is 2.15. The Morgan fingerprint density at radius 3 is 2.78 bits per heavy atom. The Morgan fingerprint density at radius 1 is 1.17 bits per heavy atom. The number of nitrogens with one attached hydrogen (secondary N) is 2. The third-order valence-corrected chi connectivity index (χ3v) is 3.37. The second kappa shape index (κ2) is 8.96. The van der Waals surface area contributed by atoms with Gasteiger partial charge in [0.25, 0.3) is 0 Å². The number of pyridine rings is 1. The molecule has 0 radical (unpaired) electrons. The predicted octanol–water partition coefficient (Wildman–Crippen LogP) is 3.55. The minimum atomic E-state index is 0.553. The zero-order chi connectivity index (χ0) is 16.5. The van der Waals surface area contributed by atoms with Gasteiger partial charge in [-0.3, -0.25) is 0 Å². The topological polar surface area (TPSA) is 46.2 Å². The molecule has 0 saturated carbocycles. The van der Waals surface area contributed by atoms with Gasteiger partial charge >= 0.3 is 0 Å². The van der Waals surface area contributed by atoms with Crippen LogP contribution in [0.4, 0.5) is 5.82 Å². The van der Waals surface area contributed by atoms with E-state index in [1.54, 1.807) is 6.20 Å². The highest BCUT2D eigenvalue weighted by atomic mass is 16.5. The third-order valence-electron chi connectivity index (χ3n) is 3.37. The number of nitrogens with zero attached hydrogens (tertiary/aromatic N) is 1. The summed E-state index contributed by atoms with van der Waals surface area (Å²) in [6.07, 6.45) is 1.80. The molecular weight excluding hydrogens is 286 g/mol. The summed E-state index contributed by atoms with van der Waals surface area (Å²) < 4.78 is 5.78. The first-order valence-corrected chi connectivity index (χ1v) is 7.88. The van der Waals surface area contributed by atoms with E-state index in [-0.39, 0.29) is 0 Å². The standard InChI is InChI=1S/C19H25N3O/c1-15(2)14-23-18-9-5-4-8-17(18)13-20-11-12-22-19-16(3)7-6-10-21-19/h4-10,20H,1,11-14H2,2-3H3,(H,21,22). The fraction of sp³-hybridized carbons (Fsp3) is 0.316. The van der Waals surface area contributed by atoms with Crippen molar-refractivity contribution in [1.82, 2.24) is 10.3 Å². The number of hydrogen-bond donors (Lipinski definition) is 2. The largest absolute Gasteiger partial charge is 0.489 e. The average Bonchev–Trinajstić information content (AvgIpc) is 2.55. The van der Waals surface area contributed by atoms with Gasteiger partial charge in [-0.1, -0.05) is 30.8 Å². The number of benzene rings is 1. The molecule has 0 aliphatic carbocycles. The number of aryl methyl sites for hydroxylation is 1. The second-order valence-electron chi connectivity index (χ2n) is 5.63. The number of rotatable bonds is 9. The highest BCUT2D eigenvalue weighted by Gasteiger charge is 2.03. The first kappa shape index (κ1) is 17.0. The molecule has 1 heterocycles. The SMILES string of the molecule is C=C(C)COc1ccccc1CNCCNc1ncccc1C. The molecule has 2 rings (SSSR count). The summed E-state index contributed by atoms with van der Waals surface area (Å²) in [5, 5.41) is 6.76. The van der Waals surface area contributed by atoms with Crippen molar-refractivity contribution >= 4 is 5.82 Å². The molecule has 0 amide bonds. The molecule has 0 unspecified atom stereocenters. The molecule has 1 aromatic heterocycles. The van der Waals surface area contributed by atoms with Gasteiger partial charge in [-0.05, 0) is 37.1 Å². The molecule has 0 spiro atoms. The van der Waals surface area contributed by atoms with E-state index in [1.807, 2.05) is 31.2 Å². The van der Waals surface area contributed by atoms with E-state index in [1.165, 1.54) is 0 Å². The lowest BCUT2D eigenvalue weighted by molar-refractivity contribution is 0.348. The van der Waals surface area contributed by atoms with Crippen molar-refractivity contribution in [2.24, 2.45) is 0 Å². The molecule has 0 aliphatic heterocycles. The smallest absolute Gasteiger partial charge is 0.128 e. The number of ether oxygens (including phenoxy) is 1. The van der Waals surface area contributed by atoms with E-state index < -0.39 is 0 Å². The number of para-hydroxylation sites is 1. The Morgan fingerprint density at radius 2 is 2.00 bits per heavy atom. The molecule has 2 N–H and O–H groups in total. The third kappa shape index (κ3) is 5.75. The summed E-state index contributed by atoms with van der Waals surface area (Å²) >= 11 is 0. The summed E-state index contributed by atoms with van der Waals surface area (Å²) in [6, 6.07) is 12.1. The normalized spacial score (nSPS) is 10.3. The quantitative estimate of drug-likeness (QED) is 0.549. The van der Waals surface area contributed by atoms with Crippen LogP contribution in [0.3, 0.4) is 0 Å². The lowest BCUT2D eigenvalue weighted by atomic mass is 10.2. The maximum atomic E-state index is 5.78. The molecule has 4 heteroatoms. The maximum Gasteiger partial charge on any atom is 0.128 e. The molecular formula is C19H25N3O. The van der Waals surface area contributed by atoms with Gasteiger partial charge in [0.05, 0.1) is 0 Å². The summed E-state index contributed by atoms with van der Waals surface area (Å²) in [5.41, 5.74) is 3.33. The molecule has 0 saturated heterocycles. The summed E-state index contributed by atoms with van der Waals surface area (Å²) in [7, 11) is 0. The van der Waals surface area contributed by atoms with Crippen LogP contribution in [0, 0.1) is 6.92 Å². The highest BCUT2D eigenvalue weighted by Crippen LogP contribution is 2.18. The van der Waals surface area contributed by atoms with Gasteiger partial charge in [0.2, 0.25) is 0 Å². The number of aromatic nitrogens is 1. The second-order valence-corrected chi connectivity index (χ2v) is 5.63. The predicted molar refractivity (Wildman–Crippen MR) is 95.9 cm³/mol. The van der Waals surface area contributed by atoms with E-state index in [4.69, 9.17) is 4.74 Å². The molecule has 1 aromatic carbocycles. The van der Waals surface area contributed by atoms with Crippen molar-refractivity contribution < 1.29 is 4.74 Å². The Kier molecular flexibility index (Phi) is 6.63. The van der Waals surface area contributed by atoms with Gasteiger partial charge in [-0.2, -0.15) is 0 Å². The fourth-order valence-electron chi connectivity index (χ4n) is 2.15. The number of hydrogen-bond acceptors (Lipinski definition) is 4. The molecule has 2 aromatic rings. The lowest BCUT2D eigenvalue weighted by Gasteiger charge is -2.13. The van der Waals surface area contributed by atoms with Crippen molar-refractivity contribution in [1.29, 1.82) is 0 Å². The van der Waals surface area contributed by atoms with Gasteiger partial charge in [0, 0.05) is 31.4 Å². The van der Waals surface area contributed by atoms with Crippen LogP contribution in [0.25, 0.3) is 0 Å². The van der Waals surface area contributed by atoms with E-state index in [2.05, 4.69) is 41.3 Å². The first-order chi connectivity index (χ1) is 11.2. The summed E-state index contributed by atoms with van der Waals surface area (Å²) in [6.45, 7) is 10.9. The van der Waals surface area contributed by atoms with Crippen LogP contribution < -0.4 is 15.4 Å². The van der Waals surface area contributed by atoms with Gasteiger partial charge in [-0.15, -0.1) is 0 Å². The molecule has 4 nitrogen and oxygen atoms in total. The van der Waals surface area contributed by atoms with Crippen LogP contribution in [-0.4, -0.2) is 24.7 Å². The molecule has 0 aliphatic rings. The maximum absolute atomic E-state index is 5.78. The van der Waals surface area contributed by atoms with E-state index in [0.717, 1.165) is 47.9 Å². The Bertz CT molecular complexity index is 640. The van der Waals surface area contributed by atoms with E-state index >= 15 is 0 Å². The van der Waals surface area contributed by atoms with Crippen molar-refractivity contribution in [3.05, 3.63) is 65.9 Å². The van der Waals surface area contributed by atoms with Crippen LogP contribution in [-0.2, 0) is 6.54 Å². The monoisotopic (exact) mass is 311 g/mol. The van der Waals surface area contributed by atoms with Gasteiger partial charge in [0.15, 0.2) is 0 Å². The summed E-state index contributed by atoms with van der Waals surface area (Å²) in [5.74, 6) is 1.86. The minimum Gasteiger partial charge on any atom is -0.489 e. The molecule has 0 atom stereocenters. The van der Waals surface area contributed by atoms with E-state index in [9.17, 15) is 0 Å².